The highest BCUT2D eigenvalue weighted by molar-refractivity contribution is 6.02. The number of nitrogens with two attached hydrogens (primary N) is 1. The molecule has 0 amide bonds. The molecule has 98 valence electrons. The van der Waals surface area contributed by atoms with Gasteiger partial charge in [0, 0.05) is 24.3 Å². The van der Waals surface area contributed by atoms with Crippen LogP contribution in [0.15, 0.2) is 23.4 Å². The predicted molar refractivity (Wildman–Crippen MR) is 71.1 cm³/mol. The van der Waals surface area contributed by atoms with E-state index in [0.717, 1.165) is 42.7 Å². The average Bonchev–Trinajstić information content (AvgIpc) is 2.39. The molecular weight excluding hydrogens is 230 g/mol. The highest BCUT2D eigenvalue weighted by Crippen LogP contribution is 2.25. The number of hydrogen-bond acceptors (Lipinski definition) is 4. The van der Waals surface area contributed by atoms with E-state index in [1.807, 2.05) is 25.1 Å². The number of piperidine rings is 1. The standard InChI is InChI=1S/C13H19N3O2/c1-9-2-3-12(11(8-9)13(14)15-18)16-6-4-10(17)5-7-16/h2-3,8,10,17-18H,4-7H2,1H3,(H2,14,15). The Labute approximate surface area is 107 Å². The fourth-order valence-corrected chi connectivity index (χ4v) is 2.29. The van der Waals surface area contributed by atoms with E-state index in [1.165, 1.54) is 0 Å². The van der Waals surface area contributed by atoms with E-state index in [4.69, 9.17) is 10.9 Å². The maximum absolute atomic E-state index is 9.53. The van der Waals surface area contributed by atoms with Crippen molar-refractivity contribution in [2.24, 2.45) is 10.9 Å². The van der Waals surface area contributed by atoms with Crippen molar-refractivity contribution in [1.82, 2.24) is 0 Å². The summed E-state index contributed by atoms with van der Waals surface area (Å²) in [5.74, 6) is 0.125. The van der Waals surface area contributed by atoms with E-state index in [-0.39, 0.29) is 11.9 Å². The van der Waals surface area contributed by atoms with Gasteiger partial charge in [0.1, 0.15) is 0 Å². The lowest BCUT2D eigenvalue weighted by Gasteiger charge is -2.32. The molecule has 18 heavy (non-hydrogen) atoms. The Morgan fingerprint density at radius 2 is 2.06 bits per heavy atom. The molecule has 1 aliphatic heterocycles. The zero-order valence-electron chi connectivity index (χ0n) is 10.5. The molecule has 0 bridgehead atoms. The van der Waals surface area contributed by atoms with Crippen LogP contribution in [-0.2, 0) is 0 Å². The number of oxime groups is 1. The Balaban J connectivity index is 2.32. The Hall–Kier alpha value is -1.75. The van der Waals surface area contributed by atoms with Crippen LogP contribution in [-0.4, -0.2) is 35.3 Å². The smallest absolute Gasteiger partial charge is 0.172 e. The second-order valence-corrected chi connectivity index (χ2v) is 4.72. The number of aliphatic hydroxyl groups excluding tert-OH is 1. The number of aryl methyl sites for hydroxylation is 1. The fourth-order valence-electron chi connectivity index (χ4n) is 2.29. The van der Waals surface area contributed by atoms with Gasteiger partial charge in [-0.15, -0.1) is 0 Å². The Bertz CT molecular complexity index is 452. The molecule has 5 nitrogen and oxygen atoms in total. The van der Waals surface area contributed by atoms with Gasteiger partial charge in [0.05, 0.1) is 6.10 Å². The molecule has 4 N–H and O–H groups in total. The van der Waals surface area contributed by atoms with Gasteiger partial charge in [-0.05, 0) is 31.9 Å². The van der Waals surface area contributed by atoms with Gasteiger partial charge in [-0.1, -0.05) is 16.8 Å². The van der Waals surface area contributed by atoms with Crippen molar-refractivity contribution < 1.29 is 10.3 Å². The van der Waals surface area contributed by atoms with Gasteiger partial charge in [0.25, 0.3) is 0 Å². The molecule has 0 unspecified atom stereocenters. The minimum absolute atomic E-state index is 0.125. The molecule has 0 aliphatic carbocycles. The average molecular weight is 249 g/mol. The van der Waals surface area contributed by atoms with Crippen LogP contribution in [0.1, 0.15) is 24.0 Å². The summed E-state index contributed by atoms with van der Waals surface area (Å²) in [5, 5.41) is 21.5. The fraction of sp³-hybridized carbons (Fsp3) is 0.462. The van der Waals surface area contributed by atoms with Crippen molar-refractivity contribution >= 4 is 11.5 Å². The molecular formula is C13H19N3O2. The van der Waals surface area contributed by atoms with Crippen LogP contribution in [0.2, 0.25) is 0 Å². The summed E-state index contributed by atoms with van der Waals surface area (Å²) in [6, 6.07) is 5.91. The van der Waals surface area contributed by atoms with Crippen molar-refractivity contribution in [3.05, 3.63) is 29.3 Å². The van der Waals surface area contributed by atoms with E-state index >= 15 is 0 Å². The number of hydrogen-bond donors (Lipinski definition) is 3. The molecule has 0 saturated carbocycles. The second-order valence-electron chi connectivity index (χ2n) is 4.72. The first-order chi connectivity index (χ1) is 8.61. The third-order valence-electron chi connectivity index (χ3n) is 3.34. The van der Waals surface area contributed by atoms with Crippen LogP contribution < -0.4 is 10.6 Å². The summed E-state index contributed by atoms with van der Waals surface area (Å²) in [5.41, 5.74) is 8.49. The van der Waals surface area contributed by atoms with Crippen LogP contribution in [0.3, 0.4) is 0 Å². The Morgan fingerprint density at radius 3 is 2.67 bits per heavy atom. The van der Waals surface area contributed by atoms with Crippen LogP contribution in [0, 0.1) is 6.92 Å². The molecule has 0 spiro atoms. The van der Waals surface area contributed by atoms with Gasteiger partial charge in [-0.2, -0.15) is 0 Å². The SMILES string of the molecule is Cc1ccc(N2CCC(O)CC2)c(/C(N)=N/O)c1. The Morgan fingerprint density at radius 1 is 1.39 bits per heavy atom. The van der Waals surface area contributed by atoms with E-state index in [9.17, 15) is 5.11 Å². The first-order valence-corrected chi connectivity index (χ1v) is 6.13. The summed E-state index contributed by atoms with van der Waals surface area (Å²) in [6.07, 6.45) is 1.30. The lowest BCUT2D eigenvalue weighted by molar-refractivity contribution is 0.145. The molecule has 1 aromatic carbocycles. The number of benzene rings is 1. The number of anilines is 1. The van der Waals surface area contributed by atoms with Crippen LogP contribution in [0.4, 0.5) is 5.69 Å². The van der Waals surface area contributed by atoms with E-state index in [0.29, 0.717) is 0 Å². The zero-order valence-corrected chi connectivity index (χ0v) is 10.5. The summed E-state index contributed by atoms with van der Waals surface area (Å²) in [7, 11) is 0. The molecule has 1 aliphatic rings. The predicted octanol–water partition coefficient (Wildman–Crippen LogP) is 1.05. The minimum atomic E-state index is -0.209. The second kappa shape index (κ2) is 5.27. The quantitative estimate of drug-likeness (QED) is 0.317. The molecule has 2 rings (SSSR count). The topological polar surface area (TPSA) is 82.1 Å². The molecule has 0 aromatic heterocycles. The third-order valence-corrected chi connectivity index (χ3v) is 3.34. The van der Waals surface area contributed by atoms with Crippen LogP contribution >= 0.6 is 0 Å². The first kappa shape index (κ1) is 12.7. The van der Waals surface area contributed by atoms with Gasteiger partial charge in [-0.25, -0.2) is 0 Å². The lowest BCUT2D eigenvalue weighted by Crippen LogP contribution is -2.37. The highest BCUT2D eigenvalue weighted by atomic mass is 16.4. The minimum Gasteiger partial charge on any atom is -0.409 e. The van der Waals surface area contributed by atoms with E-state index in [1.54, 1.807) is 0 Å². The van der Waals surface area contributed by atoms with E-state index < -0.39 is 0 Å². The van der Waals surface area contributed by atoms with Gasteiger partial charge in [0.2, 0.25) is 0 Å². The number of aliphatic hydroxyl groups is 1. The third kappa shape index (κ3) is 2.56. The van der Waals surface area contributed by atoms with Crippen molar-refractivity contribution in [2.45, 2.75) is 25.9 Å². The molecule has 1 heterocycles. The largest absolute Gasteiger partial charge is 0.409 e. The highest BCUT2D eigenvalue weighted by Gasteiger charge is 2.20. The summed E-state index contributed by atoms with van der Waals surface area (Å²) < 4.78 is 0. The summed E-state index contributed by atoms with van der Waals surface area (Å²) in [6.45, 7) is 3.55. The van der Waals surface area contributed by atoms with Crippen molar-refractivity contribution in [3.8, 4) is 0 Å². The lowest BCUT2D eigenvalue weighted by atomic mass is 10.0. The maximum Gasteiger partial charge on any atom is 0.172 e. The Kier molecular flexibility index (Phi) is 3.72. The summed E-state index contributed by atoms with van der Waals surface area (Å²) in [4.78, 5) is 2.17. The molecule has 1 saturated heterocycles. The van der Waals surface area contributed by atoms with Crippen LogP contribution in [0.5, 0.6) is 0 Å². The van der Waals surface area contributed by atoms with Gasteiger partial charge >= 0.3 is 0 Å². The monoisotopic (exact) mass is 249 g/mol. The normalized spacial score (nSPS) is 18.1. The molecule has 0 atom stereocenters. The molecule has 0 radical (unpaired) electrons. The van der Waals surface area contributed by atoms with E-state index in [2.05, 4.69) is 10.1 Å². The first-order valence-electron chi connectivity index (χ1n) is 6.13. The van der Waals surface area contributed by atoms with Crippen molar-refractivity contribution in [3.63, 3.8) is 0 Å². The molecule has 1 aromatic rings. The van der Waals surface area contributed by atoms with Gasteiger partial charge in [-0.3, -0.25) is 0 Å². The van der Waals surface area contributed by atoms with Crippen molar-refractivity contribution in [1.29, 1.82) is 0 Å². The van der Waals surface area contributed by atoms with Crippen molar-refractivity contribution in [2.75, 3.05) is 18.0 Å². The number of rotatable bonds is 2. The zero-order chi connectivity index (χ0) is 13.1. The molecule has 5 heteroatoms. The number of amidine groups is 1. The van der Waals surface area contributed by atoms with Gasteiger partial charge < -0.3 is 20.9 Å². The number of nitrogens with zero attached hydrogens (tertiary/aromatic N) is 2. The van der Waals surface area contributed by atoms with Gasteiger partial charge in [0.15, 0.2) is 5.84 Å². The van der Waals surface area contributed by atoms with Crippen LogP contribution in [0.25, 0.3) is 0 Å². The maximum atomic E-state index is 9.53. The molecule has 1 fully saturated rings. The summed E-state index contributed by atoms with van der Waals surface area (Å²) >= 11 is 0.